The van der Waals surface area contributed by atoms with E-state index in [4.69, 9.17) is 5.26 Å². The van der Waals surface area contributed by atoms with Crippen molar-refractivity contribution in [1.82, 2.24) is 4.98 Å². The lowest BCUT2D eigenvalue weighted by Crippen LogP contribution is -2.21. The van der Waals surface area contributed by atoms with Gasteiger partial charge in [0.1, 0.15) is 0 Å². The highest BCUT2D eigenvalue weighted by Gasteiger charge is 2.44. The normalized spacial score (nSPS) is 11.5. The number of halogens is 8. The summed E-state index contributed by atoms with van der Waals surface area (Å²) in [5.41, 5.74) is -6.63. The Bertz CT molecular complexity index is 501. The molecular formula is C11H8F8N2. The molecule has 1 aromatic heterocycles. The summed E-state index contributed by atoms with van der Waals surface area (Å²) in [6.45, 7) is 4.00. The van der Waals surface area contributed by atoms with Crippen molar-refractivity contribution in [3.8, 4) is 6.07 Å². The molecule has 0 bridgehead atoms. The number of aromatic nitrogens is 1. The lowest BCUT2D eigenvalue weighted by atomic mass is 10.1. The molecule has 0 aliphatic heterocycles. The third-order valence-electron chi connectivity index (χ3n) is 1.96. The summed E-state index contributed by atoms with van der Waals surface area (Å²) in [6.07, 6.45) is -12.4. The molecule has 1 rings (SSSR count). The van der Waals surface area contributed by atoms with Crippen molar-refractivity contribution in [1.29, 1.82) is 5.26 Å². The van der Waals surface area contributed by atoms with E-state index in [0.717, 1.165) is 6.07 Å². The van der Waals surface area contributed by atoms with E-state index in [-0.39, 0.29) is 0 Å². The first-order chi connectivity index (χ1) is 9.50. The van der Waals surface area contributed by atoms with Crippen LogP contribution in [0.5, 0.6) is 0 Å². The molecule has 118 valence electrons. The lowest BCUT2D eigenvalue weighted by Gasteiger charge is -2.14. The van der Waals surface area contributed by atoms with Crippen LogP contribution in [0.15, 0.2) is 0 Å². The van der Waals surface area contributed by atoms with Crippen LogP contribution in [0.4, 0.5) is 35.1 Å². The van der Waals surface area contributed by atoms with Crippen molar-refractivity contribution in [2.24, 2.45) is 0 Å². The fraction of sp³-hybridized carbons (Fsp3) is 0.455. The molecule has 0 aliphatic rings. The monoisotopic (exact) mass is 320 g/mol. The van der Waals surface area contributed by atoms with Crippen molar-refractivity contribution in [2.45, 2.75) is 32.6 Å². The number of hydrogen-bond acceptors (Lipinski definition) is 2. The summed E-state index contributed by atoms with van der Waals surface area (Å²) in [5.74, 6) is -4.64. The van der Waals surface area contributed by atoms with Gasteiger partial charge in [-0.05, 0) is 0 Å². The van der Waals surface area contributed by atoms with Crippen LogP contribution in [0, 0.1) is 23.0 Å². The van der Waals surface area contributed by atoms with Crippen molar-refractivity contribution >= 4 is 0 Å². The van der Waals surface area contributed by atoms with E-state index in [1.165, 1.54) is 0 Å². The highest BCUT2D eigenvalue weighted by atomic mass is 19.4. The van der Waals surface area contributed by atoms with E-state index in [0.29, 0.717) is 0 Å². The molecule has 0 spiro atoms. The van der Waals surface area contributed by atoms with Gasteiger partial charge in [0.15, 0.2) is 23.0 Å². The maximum Gasteiger partial charge on any atom is 0.436 e. The zero-order valence-corrected chi connectivity index (χ0v) is 10.6. The summed E-state index contributed by atoms with van der Waals surface area (Å²) in [5, 5.41) is 8.19. The Morgan fingerprint density at radius 3 is 1.48 bits per heavy atom. The average molecular weight is 320 g/mol. The highest BCUT2D eigenvalue weighted by Crippen LogP contribution is 2.37. The second kappa shape index (κ2) is 6.69. The van der Waals surface area contributed by atoms with E-state index < -0.39 is 47.4 Å². The standard InChI is InChI=1S/C9H2F8N2.C2H6/c10-4-3(1-2-18)5(11)7(9(15,16)17)19-6(4)8(12,13)14;1-2/h1H2;1-2H3. The van der Waals surface area contributed by atoms with Crippen LogP contribution in [-0.2, 0) is 18.8 Å². The van der Waals surface area contributed by atoms with Crippen LogP contribution in [0.2, 0.25) is 0 Å². The average Bonchev–Trinajstić information content (AvgIpc) is 2.33. The summed E-state index contributed by atoms with van der Waals surface area (Å²) in [6, 6.07) is 1.08. The molecule has 0 saturated heterocycles. The molecule has 1 aromatic rings. The van der Waals surface area contributed by atoms with Gasteiger partial charge in [0.05, 0.1) is 12.5 Å². The maximum atomic E-state index is 13.2. The minimum atomic E-state index is -5.54. The van der Waals surface area contributed by atoms with Gasteiger partial charge in [0, 0.05) is 5.56 Å². The summed E-state index contributed by atoms with van der Waals surface area (Å²) in [4.78, 5) is 1.95. The van der Waals surface area contributed by atoms with E-state index in [1.54, 1.807) is 0 Å². The SMILES string of the molecule is CC.N#CCc1c(F)c(C(F)(F)F)nc(C(F)(F)F)c1F. The van der Waals surface area contributed by atoms with Gasteiger partial charge < -0.3 is 0 Å². The van der Waals surface area contributed by atoms with Gasteiger partial charge >= 0.3 is 12.4 Å². The third-order valence-corrected chi connectivity index (χ3v) is 1.96. The first-order valence-corrected chi connectivity index (χ1v) is 5.39. The Morgan fingerprint density at radius 1 is 0.905 bits per heavy atom. The summed E-state index contributed by atoms with van der Waals surface area (Å²) < 4.78 is 100. The van der Waals surface area contributed by atoms with E-state index in [1.807, 2.05) is 18.8 Å². The first-order valence-electron chi connectivity index (χ1n) is 5.39. The fourth-order valence-electron chi connectivity index (χ4n) is 1.20. The van der Waals surface area contributed by atoms with Crippen molar-refractivity contribution in [3.05, 3.63) is 28.6 Å². The van der Waals surface area contributed by atoms with Gasteiger partial charge in [0.2, 0.25) is 0 Å². The molecule has 10 heteroatoms. The first kappa shape index (κ1) is 19.1. The van der Waals surface area contributed by atoms with Gasteiger partial charge in [0.25, 0.3) is 0 Å². The summed E-state index contributed by atoms with van der Waals surface area (Å²) >= 11 is 0. The zero-order chi connectivity index (χ0) is 17.0. The molecule has 0 aromatic carbocycles. The Hall–Kier alpha value is -1.92. The largest absolute Gasteiger partial charge is 0.436 e. The Balaban J connectivity index is 0.00000191. The minimum absolute atomic E-state index is 1.08. The number of alkyl halides is 6. The molecule has 0 aliphatic carbocycles. The molecule has 0 saturated carbocycles. The van der Waals surface area contributed by atoms with Gasteiger partial charge in [-0.3, -0.25) is 0 Å². The molecule has 0 fully saturated rings. The quantitative estimate of drug-likeness (QED) is 0.715. The van der Waals surface area contributed by atoms with E-state index >= 15 is 0 Å². The van der Waals surface area contributed by atoms with Gasteiger partial charge in [-0.2, -0.15) is 31.6 Å². The highest BCUT2D eigenvalue weighted by molar-refractivity contribution is 5.31. The van der Waals surface area contributed by atoms with E-state index in [9.17, 15) is 35.1 Å². The molecule has 0 N–H and O–H groups in total. The number of hydrogen-bond donors (Lipinski definition) is 0. The Labute approximate surface area is 114 Å². The molecule has 2 nitrogen and oxygen atoms in total. The van der Waals surface area contributed by atoms with E-state index in [2.05, 4.69) is 0 Å². The Morgan fingerprint density at radius 2 is 1.24 bits per heavy atom. The predicted molar refractivity (Wildman–Crippen MR) is 54.8 cm³/mol. The lowest BCUT2D eigenvalue weighted by molar-refractivity contribution is -0.153. The molecule has 0 amide bonds. The second-order valence-electron chi connectivity index (χ2n) is 3.25. The molecule has 0 unspecified atom stereocenters. The topological polar surface area (TPSA) is 36.7 Å². The number of nitriles is 1. The number of pyridine rings is 1. The third kappa shape index (κ3) is 4.27. The maximum absolute atomic E-state index is 13.2. The van der Waals surface area contributed by atoms with Crippen LogP contribution < -0.4 is 0 Å². The smallest absolute Gasteiger partial charge is 0.233 e. The van der Waals surface area contributed by atoms with Gasteiger partial charge in [-0.15, -0.1) is 0 Å². The predicted octanol–water partition coefficient (Wildman–Crippen LogP) is 4.49. The van der Waals surface area contributed by atoms with Crippen LogP contribution in [0.3, 0.4) is 0 Å². The number of nitrogens with zero attached hydrogens (tertiary/aromatic N) is 2. The number of rotatable bonds is 1. The van der Waals surface area contributed by atoms with Crippen LogP contribution in [0.25, 0.3) is 0 Å². The molecular weight excluding hydrogens is 312 g/mol. The van der Waals surface area contributed by atoms with Gasteiger partial charge in [-0.1, -0.05) is 13.8 Å². The molecule has 1 heterocycles. The second-order valence-corrected chi connectivity index (χ2v) is 3.25. The van der Waals surface area contributed by atoms with Crippen molar-refractivity contribution < 1.29 is 35.1 Å². The van der Waals surface area contributed by atoms with Crippen molar-refractivity contribution in [3.63, 3.8) is 0 Å². The molecule has 0 radical (unpaired) electrons. The van der Waals surface area contributed by atoms with Crippen LogP contribution in [0.1, 0.15) is 30.8 Å². The Kier molecular flexibility index (Phi) is 6.08. The van der Waals surface area contributed by atoms with Crippen LogP contribution in [-0.4, -0.2) is 4.98 Å². The zero-order valence-electron chi connectivity index (χ0n) is 10.6. The van der Waals surface area contributed by atoms with Crippen molar-refractivity contribution in [2.75, 3.05) is 0 Å². The molecule has 21 heavy (non-hydrogen) atoms. The summed E-state index contributed by atoms with van der Waals surface area (Å²) in [7, 11) is 0. The minimum Gasteiger partial charge on any atom is -0.233 e. The van der Waals surface area contributed by atoms with Crippen LogP contribution >= 0.6 is 0 Å². The van der Waals surface area contributed by atoms with Gasteiger partial charge in [-0.25, -0.2) is 13.8 Å². The fourth-order valence-corrected chi connectivity index (χ4v) is 1.20. The molecule has 0 atom stereocenters.